The monoisotopic (exact) mass is 653 g/mol. The molecule has 0 saturated carbocycles. The van der Waals surface area contributed by atoms with Crippen molar-refractivity contribution >= 4 is 17.5 Å². The van der Waals surface area contributed by atoms with Crippen LogP contribution in [0.15, 0.2) is 71.8 Å². The maximum absolute atomic E-state index is 14.0. The van der Waals surface area contributed by atoms with Crippen LogP contribution in [0.1, 0.15) is 61.8 Å². The average Bonchev–Trinajstić information content (AvgIpc) is 3.36. The molecule has 5 rings (SSSR count). The van der Waals surface area contributed by atoms with E-state index in [1.807, 2.05) is 74.1 Å². The Hall–Kier alpha value is -5.32. The van der Waals surface area contributed by atoms with Crippen molar-refractivity contribution in [2.45, 2.75) is 51.7 Å². The number of ether oxygens (including phenoxy) is 3. The van der Waals surface area contributed by atoms with Crippen molar-refractivity contribution in [1.29, 1.82) is 0 Å². The van der Waals surface area contributed by atoms with E-state index in [0.717, 1.165) is 16.7 Å². The fourth-order valence-electron chi connectivity index (χ4n) is 6.36. The Kier molecular flexibility index (Phi) is 10.4. The number of rotatable bonds is 11. The second-order valence-electron chi connectivity index (χ2n) is 12.2. The second-order valence-corrected chi connectivity index (χ2v) is 12.2. The van der Waals surface area contributed by atoms with Gasteiger partial charge in [-0.25, -0.2) is 4.98 Å². The van der Waals surface area contributed by atoms with Gasteiger partial charge in [0.15, 0.2) is 11.5 Å². The van der Waals surface area contributed by atoms with Crippen LogP contribution in [-0.2, 0) is 23.1 Å². The first-order valence-electron chi connectivity index (χ1n) is 15.9. The summed E-state index contributed by atoms with van der Waals surface area (Å²) in [6.07, 6.45) is 4.65. The highest BCUT2D eigenvalue weighted by atomic mass is 16.5. The van der Waals surface area contributed by atoms with Crippen LogP contribution in [0.2, 0.25) is 0 Å². The minimum atomic E-state index is -0.760. The third-order valence-electron chi connectivity index (χ3n) is 8.71. The lowest BCUT2D eigenvalue weighted by Crippen LogP contribution is -2.45. The number of aromatic nitrogens is 2. The zero-order valence-corrected chi connectivity index (χ0v) is 28.4. The van der Waals surface area contributed by atoms with E-state index in [1.165, 1.54) is 6.92 Å². The predicted octanol–water partition coefficient (Wildman–Crippen LogP) is 4.94. The lowest BCUT2D eigenvalue weighted by atomic mass is 9.95. The number of nitrogens with zero attached hydrogens (tertiary/aromatic N) is 2. The molecule has 3 aromatic carbocycles. The molecule has 1 aliphatic rings. The highest BCUT2D eigenvalue weighted by Crippen LogP contribution is 2.50. The van der Waals surface area contributed by atoms with Gasteiger partial charge in [0.1, 0.15) is 17.9 Å². The molecule has 4 aromatic rings. The number of nitrogens with one attached hydrogen (secondary N) is 3. The zero-order chi connectivity index (χ0) is 34.5. The fourth-order valence-corrected chi connectivity index (χ4v) is 6.36. The quantitative estimate of drug-likeness (QED) is 0.208. The number of amides is 2. The molecule has 0 fully saturated rings. The summed E-state index contributed by atoms with van der Waals surface area (Å²) in [6.45, 7) is 5.30. The maximum Gasteiger partial charge on any atom is 0.243 e. The van der Waals surface area contributed by atoms with Crippen molar-refractivity contribution in [2.75, 3.05) is 26.6 Å². The molecule has 3 atom stereocenters. The number of benzene rings is 2. The molecule has 252 valence electrons. The molecule has 48 heavy (non-hydrogen) atoms. The Morgan fingerprint density at radius 3 is 2.31 bits per heavy atom. The number of hydrogen-bond acceptors (Lipinski definition) is 8. The van der Waals surface area contributed by atoms with Crippen molar-refractivity contribution in [3.8, 4) is 28.4 Å². The number of aryl methyl sites for hydroxylation is 2. The third-order valence-corrected chi connectivity index (χ3v) is 8.71. The molecule has 2 amide bonds. The van der Waals surface area contributed by atoms with Crippen LogP contribution in [0.25, 0.3) is 11.1 Å². The fraction of sp³-hybridized carbons (Fsp3) is 0.351. The SMILES string of the molecule is COc1cc2c(c(OC)c1OC)-c1ccc(N[C@H](C(=O)N[C@H](c3ccccc3)c3nccn3C)C(C)C)c(=O)cc1[C@@H](NC(C)=O)CC2. The van der Waals surface area contributed by atoms with Gasteiger partial charge in [0.25, 0.3) is 0 Å². The number of hydrogen-bond donors (Lipinski definition) is 3. The van der Waals surface area contributed by atoms with Gasteiger partial charge in [0.2, 0.25) is 23.0 Å². The van der Waals surface area contributed by atoms with E-state index in [4.69, 9.17) is 14.2 Å². The summed E-state index contributed by atoms with van der Waals surface area (Å²) < 4.78 is 19.1. The molecule has 0 spiro atoms. The molecule has 11 nitrogen and oxygen atoms in total. The van der Waals surface area contributed by atoms with Crippen molar-refractivity contribution in [1.82, 2.24) is 20.2 Å². The van der Waals surface area contributed by atoms with Crippen molar-refractivity contribution < 1.29 is 23.8 Å². The maximum atomic E-state index is 14.0. The van der Waals surface area contributed by atoms with E-state index >= 15 is 0 Å². The van der Waals surface area contributed by atoms with E-state index in [2.05, 4.69) is 20.9 Å². The third kappa shape index (κ3) is 6.85. The molecule has 0 unspecified atom stereocenters. The van der Waals surface area contributed by atoms with Crippen LogP contribution in [-0.4, -0.2) is 48.7 Å². The second kappa shape index (κ2) is 14.6. The number of imidazole rings is 1. The van der Waals surface area contributed by atoms with Gasteiger partial charge in [-0.3, -0.25) is 14.4 Å². The Labute approximate surface area is 280 Å². The number of carbonyl (C=O) groups is 2. The Morgan fingerprint density at radius 1 is 0.979 bits per heavy atom. The van der Waals surface area contributed by atoms with Crippen molar-refractivity contribution in [2.24, 2.45) is 13.0 Å². The first-order valence-corrected chi connectivity index (χ1v) is 15.9. The summed E-state index contributed by atoms with van der Waals surface area (Å²) in [5.41, 5.74) is 3.81. The molecule has 3 N–H and O–H groups in total. The number of carbonyl (C=O) groups excluding carboxylic acids is 2. The molecule has 0 radical (unpaired) electrons. The first kappa shape index (κ1) is 34.0. The Balaban J connectivity index is 1.59. The van der Waals surface area contributed by atoms with Crippen LogP contribution in [0, 0.1) is 5.92 Å². The molecule has 11 heteroatoms. The highest BCUT2D eigenvalue weighted by Gasteiger charge is 2.31. The lowest BCUT2D eigenvalue weighted by Gasteiger charge is -2.26. The molecule has 0 aliphatic heterocycles. The van der Waals surface area contributed by atoms with Crippen molar-refractivity contribution in [3.05, 3.63) is 99.7 Å². The number of anilines is 1. The molecular weight excluding hydrogens is 610 g/mol. The van der Waals surface area contributed by atoms with Crippen LogP contribution >= 0.6 is 0 Å². The first-order chi connectivity index (χ1) is 23.1. The van der Waals surface area contributed by atoms with E-state index < -0.39 is 18.1 Å². The number of fused-ring (bicyclic) bond motifs is 3. The summed E-state index contributed by atoms with van der Waals surface area (Å²) in [5, 5.41) is 9.46. The summed E-state index contributed by atoms with van der Waals surface area (Å²) in [4.78, 5) is 44.9. The molecular formula is C37H43N5O6. The minimum absolute atomic E-state index is 0.185. The standard InChI is InChI=1S/C37H43N5O6/c1-21(2)32(37(45)41-33(23-11-9-8-10-12-23)36-38-17-18-42(36)4)40-28-16-14-25-26(20-29(28)44)27(39-22(3)43)15-13-24-19-30(46-5)34(47-6)35(48-7)31(24)25/h8-12,14,16-21,27,32-33H,13,15H2,1-7H3,(H,39,43)(H,40,44)(H,41,45)/t27-,32-,33+/m0/s1. The highest BCUT2D eigenvalue weighted by molar-refractivity contribution is 5.86. The zero-order valence-electron chi connectivity index (χ0n) is 28.4. The van der Waals surface area contributed by atoms with E-state index in [-0.39, 0.29) is 28.8 Å². The average molecular weight is 654 g/mol. The summed E-state index contributed by atoms with van der Waals surface area (Å²) >= 11 is 0. The minimum Gasteiger partial charge on any atom is -0.493 e. The summed E-state index contributed by atoms with van der Waals surface area (Å²) in [5.74, 6) is 1.40. The van der Waals surface area contributed by atoms with Gasteiger partial charge in [0.05, 0.1) is 33.1 Å². The van der Waals surface area contributed by atoms with E-state index in [9.17, 15) is 14.4 Å². The van der Waals surface area contributed by atoms with E-state index in [0.29, 0.717) is 47.0 Å². The smallest absolute Gasteiger partial charge is 0.243 e. The van der Waals surface area contributed by atoms with Gasteiger partial charge in [-0.1, -0.05) is 50.2 Å². The van der Waals surface area contributed by atoms with Gasteiger partial charge in [-0.2, -0.15) is 0 Å². The normalized spacial score (nSPS) is 14.9. The van der Waals surface area contributed by atoms with Gasteiger partial charge in [-0.05, 0) is 59.2 Å². The summed E-state index contributed by atoms with van der Waals surface area (Å²) in [7, 11) is 6.55. The van der Waals surface area contributed by atoms with Gasteiger partial charge < -0.3 is 34.7 Å². The van der Waals surface area contributed by atoms with Gasteiger partial charge in [-0.15, -0.1) is 0 Å². The van der Waals surface area contributed by atoms with Crippen molar-refractivity contribution in [3.63, 3.8) is 0 Å². The molecule has 1 aromatic heterocycles. The van der Waals surface area contributed by atoms with Gasteiger partial charge in [0, 0.05) is 31.9 Å². The molecule has 0 saturated heterocycles. The van der Waals surface area contributed by atoms with E-state index in [1.54, 1.807) is 39.7 Å². The largest absolute Gasteiger partial charge is 0.493 e. The molecule has 1 aliphatic carbocycles. The summed E-state index contributed by atoms with van der Waals surface area (Å²) in [6, 6.07) is 14.9. The lowest BCUT2D eigenvalue weighted by molar-refractivity contribution is -0.123. The van der Waals surface area contributed by atoms with Crippen LogP contribution in [0.3, 0.4) is 0 Å². The molecule has 0 bridgehead atoms. The van der Waals surface area contributed by atoms with Crippen LogP contribution in [0.5, 0.6) is 17.2 Å². The van der Waals surface area contributed by atoms with Crippen LogP contribution in [0.4, 0.5) is 5.69 Å². The molecule has 1 heterocycles. The van der Waals surface area contributed by atoms with Crippen LogP contribution < -0.4 is 35.6 Å². The Morgan fingerprint density at radius 2 is 1.71 bits per heavy atom. The number of methoxy groups -OCH3 is 3. The Bertz CT molecular complexity index is 1860. The van der Waals surface area contributed by atoms with Gasteiger partial charge >= 0.3 is 0 Å². The predicted molar refractivity (Wildman–Crippen MR) is 185 cm³/mol. The topological polar surface area (TPSA) is 133 Å².